The van der Waals surface area contributed by atoms with Gasteiger partial charge in [-0.05, 0) is 74.2 Å². The van der Waals surface area contributed by atoms with E-state index in [1.807, 2.05) is 6.08 Å². The van der Waals surface area contributed by atoms with Crippen molar-refractivity contribution in [2.75, 3.05) is 5.88 Å². The highest BCUT2D eigenvalue weighted by molar-refractivity contribution is 6.29. The average molecular weight is 365 g/mol. The van der Waals surface area contributed by atoms with Crippen LogP contribution in [-0.2, 0) is 9.59 Å². The van der Waals surface area contributed by atoms with Crippen LogP contribution in [0.3, 0.4) is 0 Å². The molecule has 0 aromatic heterocycles. The maximum Gasteiger partial charge on any atom is 0.179 e. The summed E-state index contributed by atoms with van der Waals surface area (Å²) in [5, 5.41) is 11.2. The second-order valence-corrected chi connectivity index (χ2v) is 9.65. The van der Waals surface area contributed by atoms with Crippen molar-refractivity contribution in [2.45, 2.75) is 70.8 Å². The number of halogens is 1. The molecule has 0 radical (unpaired) electrons. The van der Waals surface area contributed by atoms with E-state index in [0.717, 1.165) is 38.5 Å². The van der Waals surface area contributed by atoms with Gasteiger partial charge in [-0.2, -0.15) is 0 Å². The molecular weight excluding hydrogens is 336 g/mol. The van der Waals surface area contributed by atoms with E-state index in [1.54, 1.807) is 0 Å². The minimum atomic E-state index is -1.25. The lowest BCUT2D eigenvalue weighted by Gasteiger charge is -2.58. The fourth-order valence-corrected chi connectivity index (χ4v) is 7.36. The molecule has 0 unspecified atom stereocenters. The minimum Gasteiger partial charge on any atom is -0.381 e. The zero-order valence-electron chi connectivity index (χ0n) is 15.3. The van der Waals surface area contributed by atoms with Crippen LogP contribution in [0.5, 0.6) is 0 Å². The maximum atomic E-state index is 12.5. The fraction of sp³-hybridized carbons (Fsp3) is 0.810. The third kappa shape index (κ3) is 2.21. The Labute approximate surface area is 155 Å². The van der Waals surface area contributed by atoms with E-state index in [9.17, 15) is 14.7 Å². The Morgan fingerprint density at radius 2 is 1.88 bits per heavy atom. The molecule has 3 saturated carbocycles. The number of aliphatic hydroxyl groups is 1. The van der Waals surface area contributed by atoms with Crippen LogP contribution in [0.1, 0.15) is 65.2 Å². The molecule has 4 rings (SSSR count). The summed E-state index contributed by atoms with van der Waals surface area (Å²) in [6.07, 6.45) is 9.04. The van der Waals surface area contributed by atoms with E-state index in [2.05, 4.69) is 13.8 Å². The van der Waals surface area contributed by atoms with E-state index < -0.39 is 5.60 Å². The number of carbonyl (C=O) groups excluding carboxylic acids is 2. The summed E-state index contributed by atoms with van der Waals surface area (Å²) < 4.78 is 0. The van der Waals surface area contributed by atoms with Crippen molar-refractivity contribution in [1.82, 2.24) is 0 Å². The lowest BCUT2D eigenvalue weighted by atomic mass is 9.46. The van der Waals surface area contributed by atoms with Crippen molar-refractivity contribution in [3.8, 4) is 0 Å². The van der Waals surface area contributed by atoms with Gasteiger partial charge in [0.1, 0.15) is 5.60 Å². The number of Topliss-reactive ketones (excluding diaryl/α,β-unsaturated/α-hetero) is 1. The molecule has 3 fully saturated rings. The number of ketones is 2. The first-order valence-corrected chi connectivity index (χ1v) is 10.4. The average Bonchev–Trinajstić information content (AvgIpc) is 2.87. The SMILES string of the molecule is C[C@]12CCC(=O)C=C1CC[C@H]1[C@@H]2CC[C@@]2(C)[C@H]1CC[C@@]2(O)C(=O)CCl. The number of rotatable bonds is 2. The Morgan fingerprint density at radius 1 is 1.16 bits per heavy atom. The van der Waals surface area contributed by atoms with Gasteiger partial charge < -0.3 is 5.11 Å². The molecule has 4 heteroatoms. The summed E-state index contributed by atoms with van der Waals surface area (Å²) in [7, 11) is 0. The third-order valence-corrected chi connectivity index (χ3v) is 8.94. The number of carbonyl (C=O) groups is 2. The van der Waals surface area contributed by atoms with E-state index in [1.165, 1.54) is 5.57 Å². The molecule has 6 atom stereocenters. The summed E-state index contributed by atoms with van der Waals surface area (Å²) in [6, 6.07) is 0. The molecule has 0 aromatic carbocycles. The van der Waals surface area contributed by atoms with Crippen molar-refractivity contribution in [3.05, 3.63) is 11.6 Å². The summed E-state index contributed by atoms with van der Waals surface area (Å²) >= 11 is 5.83. The first-order chi connectivity index (χ1) is 11.8. The predicted molar refractivity (Wildman–Crippen MR) is 97.4 cm³/mol. The highest BCUT2D eigenvalue weighted by atomic mass is 35.5. The second kappa shape index (κ2) is 5.66. The number of fused-ring (bicyclic) bond motifs is 5. The molecule has 3 nitrogen and oxygen atoms in total. The molecule has 138 valence electrons. The Kier molecular flexibility index (Phi) is 4.01. The van der Waals surface area contributed by atoms with Crippen LogP contribution in [0.4, 0.5) is 0 Å². The van der Waals surface area contributed by atoms with Gasteiger partial charge in [-0.3, -0.25) is 9.59 Å². The molecule has 1 N–H and O–H groups in total. The molecule has 4 aliphatic carbocycles. The molecule has 0 bridgehead atoms. The summed E-state index contributed by atoms with van der Waals surface area (Å²) in [5.74, 6) is 1.51. The molecule has 0 spiro atoms. The quantitative estimate of drug-likeness (QED) is 0.752. The lowest BCUT2D eigenvalue weighted by Crippen LogP contribution is -2.57. The van der Waals surface area contributed by atoms with Gasteiger partial charge >= 0.3 is 0 Å². The van der Waals surface area contributed by atoms with Gasteiger partial charge in [-0.15, -0.1) is 11.6 Å². The van der Waals surface area contributed by atoms with Gasteiger partial charge in [-0.25, -0.2) is 0 Å². The van der Waals surface area contributed by atoms with Crippen LogP contribution in [0.25, 0.3) is 0 Å². The normalized spacial score (nSPS) is 49.0. The van der Waals surface area contributed by atoms with Gasteiger partial charge in [0.25, 0.3) is 0 Å². The van der Waals surface area contributed by atoms with E-state index >= 15 is 0 Å². The maximum absolute atomic E-state index is 12.5. The Balaban J connectivity index is 1.68. The van der Waals surface area contributed by atoms with E-state index in [0.29, 0.717) is 30.6 Å². The summed E-state index contributed by atoms with van der Waals surface area (Å²) in [4.78, 5) is 24.3. The van der Waals surface area contributed by atoms with Crippen LogP contribution in [0.15, 0.2) is 11.6 Å². The highest BCUT2D eigenvalue weighted by Crippen LogP contribution is 2.67. The fourth-order valence-electron chi connectivity index (χ4n) is 7.14. The number of allylic oxidation sites excluding steroid dienone is 1. The monoisotopic (exact) mass is 364 g/mol. The van der Waals surface area contributed by atoms with Crippen molar-refractivity contribution in [1.29, 1.82) is 0 Å². The molecule has 4 aliphatic rings. The Morgan fingerprint density at radius 3 is 2.60 bits per heavy atom. The summed E-state index contributed by atoms with van der Waals surface area (Å²) in [5.41, 5.74) is -0.0969. The van der Waals surface area contributed by atoms with Gasteiger partial charge in [0.2, 0.25) is 0 Å². The molecule has 0 aromatic rings. The topological polar surface area (TPSA) is 54.4 Å². The first kappa shape index (κ1) is 17.7. The van der Waals surface area contributed by atoms with Gasteiger partial charge in [0, 0.05) is 11.8 Å². The first-order valence-electron chi connectivity index (χ1n) is 9.82. The number of hydrogen-bond donors (Lipinski definition) is 1. The molecule has 25 heavy (non-hydrogen) atoms. The molecule has 0 aliphatic heterocycles. The molecule has 0 saturated heterocycles. The Hall–Kier alpha value is -0.670. The molecular formula is C21H29ClO3. The molecule has 0 amide bonds. The molecule has 0 heterocycles. The van der Waals surface area contributed by atoms with Crippen LogP contribution in [0.2, 0.25) is 0 Å². The number of hydrogen-bond acceptors (Lipinski definition) is 3. The minimum absolute atomic E-state index is 0.0976. The lowest BCUT2D eigenvalue weighted by molar-refractivity contribution is -0.159. The van der Waals surface area contributed by atoms with E-state index in [-0.39, 0.29) is 28.3 Å². The van der Waals surface area contributed by atoms with Crippen LogP contribution < -0.4 is 0 Å². The van der Waals surface area contributed by atoms with Gasteiger partial charge in [-0.1, -0.05) is 19.4 Å². The van der Waals surface area contributed by atoms with Crippen LogP contribution >= 0.6 is 11.6 Å². The standard InChI is InChI=1S/C21H29ClO3/c1-19-8-5-14(23)11-13(19)3-4-15-16(19)6-9-20(2)17(15)7-10-21(20,25)18(24)12-22/h11,15-17,25H,3-10,12H2,1-2H3/t15-,16-,17-,19-,20-,21+/m0/s1. The summed E-state index contributed by atoms with van der Waals surface area (Å²) in [6.45, 7) is 4.49. The van der Waals surface area contributed by atoms with Gasteiger partial charge in [0.05, 0.1) is 5.88 Å². The zero-order chi connectivity index (χ0) is 18.0. The van der Waals surface area contributed by atoms with E-state index in [4.69, 9.17) is 11.6 Å². The van der Waals surface area contributed by atoms with Crippen molar-refractivity contribution >= 4 is 23.2 Å². The zero-order valence-corrected chi connectivity index (χ0v) is 16.1. The van der Waals surface area contributed by atoms with Crippen molar-refractivity contribution in [2.24, 2.45) is 28.6 Å². The van der Waals surface area contributed by atoms with Crippen LogP contribution in [0, 0.1) is 28.6 Å². The number of alkyl halides is 1. The highest BCUT2D eigenvalue weighted by Gasteiger charge is 2.65. The largest absolute Gasteiger partial charge is 0.381 e. The second-order valence-electron chi connectivity index (χ2n) is 9.38. The smallest absolute Gasteiger partial charge is 0.179 e. The third-order valence-electron chi connectivity index (χ3n) is 8.70. The Bertz CT molecular complexity index is 656. The predicted octanol–water partition coefficient (Wildman–Crippen LogP) is 4.06. The van der Waals surface area contributed by atoms with Gasteiger partial charge in [0.15, 0.2) is 11.6 Å². The van der Waals surface area contributed by atoms with Crippen molar-refractivity contribution in [3.63, 3.8) is 0 Å². The van der Waals surface area contributed by atoms with Crippen molar-refractivity contribution < 1.29 is 14.7 Å². The van der Waals surface area contributed by atoms with Crippen LogP contribution in [-0.4, -0.2) is 28.2 Å².